The zero-order valence-electron chi connectivity index (χ0n) is 10.3. The van der Waals surface area contributed by atoms with Gasteiger partial charge < -0.3 is 14.8 Å². The van der Waals surface area contributed by atoms with E-state index in [1.807, 2.05) is 19.2 Å². The third-order valence-electron chi connectivity index (χ3n) is 3.20. The van der Waals surface area contributed by atoms with Gasteiger partial charge in [-0.15, -0.1) is 0 Å². The second kappa shape index (κ2) is 4.31. The summed E-state index contributed by atoms with van der Waals surface area (Å²) >= 11 is 0. The molecular formula is C14H15N3O. The lowest BCUT2D eigenvalue weighted by molar-refractivity contribution is 0.432. The Morgan fingerprint density at radius 1 is 1.33 bits per heavy atom. The molecule has 0 aliphatic carbocycles. The SMILES string of the molecule is Cn1cc(-c2oncc2CCN)c2ccccc21. The summed E-state index contributed by atoms with van der Waals surface area (Å²) in [5.41, 5.74) is 8.93. The molecule has 0 unspecified atom stereocenters. The summed E-state index contributed by atoms with van der Waals surface area (Å²) < 4.78 is 7.50. The van der Waals surface area contributed by atoms with Crippen molar-refractivity contribution in [2.24, 2.45) is 12.8 Å². The van der Waals surface area contributed by atoms with E-state index in [1.54, 1.807) is 6.20 Å². The van der Waals surface area contributed by atoms with E-state index in [0.717, 1.165) is 23.3 Å². The topological polar surface area (TPSA) is 57.0 Å². The Hall–Kier alpha value is -2.07. The molecule has 18 heavy (non-hydrogen) atoms. The molecule has 0 fully saturated rings. The molecule has 0 atom stereocenters. The van der Waals surface area contributed by atoms with E-state index >= 15 is 0 Å². The summed E-state index contributed by atoms with van der Waals surface area (Å²) in [5.74, 6) is 0.831. The van der Waals surface area contributed by atoms with Crippen molar-refractivity contribution in [3.8, 4) is 11.3 Å². The number of nitrogens with two attached hydrogens (primary N) is 1. The van der Waals surface area contributed by atoms with Crippen molar-refractivity contribution in [1.29, 1.82) is 0 Å². The minimum atomic E-state index is 0.596. The molecule has 3 aromatic rings. The number of fused-ring (bicyclic) bond motifs is 1. The van der Waals surface area contributed by atoms with Gasteiger partial charge in [-0.2, -0.15) is 0 Å². The third kappa shape index (κ3) is 1.62. The predicted octanol–water partition coefficient (Wildman–Crippen LogP) is 2.33. The molecular weight excluding hydrogens is 226 g/mol. The van der Waals surface area contributed by atoms with Crippen molar-refractivity contribution in [2.75, 3.05) is 6.54 Å². The van der Waals surface area contributed by atoms with Gasteiger partial charge in [0.25, 0.3) is 0 Å². The number of hydrogen-bond donors (Lipinski definition) is 1. The van der Waals surface area contributed by atoms with Crippen LogP contribution in [0.1, 0.15) is 5.56 Å². The van der Waals surface area contributed by atoms with Gasteiger partial charge >= 0.3 is 0 Å². The lowest BCUT2D eigenvalue weighted by Crippen LogP contribution is -2.02. The van der Waals surface area contributed by atoms with Gasteiger partial charge in [0.1, 0.15) is 0 Å². The minimum Gasteiger partial charge on any atom is -0.356 e. The first-order chi connectivity index (χ1) is 8.81. The van der Waals surface area contributed by atoms with Crippen LogP contribution in [0.2, 0.25) is 0 Å². The summed E-state index contributed by atoms with van der Waals surface area (Å²) in [5, 5.41) is 5.07. The van der Waals surface area contributed by atoms with Gasteiger partial charge in [-0.25, -0.2) is 0 Å². The third-order valence-corrected chi connectivity index (χ3v) is 3.20. The van der Waals surface area contributed by atoms with Crippen molar-refractivity contribution in [3.63, 3.8) is 0 Å². The summed E-state index contributed by atoms with van der Waals surface area (Å²) in [6, 6.07) is 8.26. The van der Waals surface area contributed by atoms with E-state index < -0.39 is 0 Å². The van der Waals surface area contributed by atoms with E-state index in [2.05, 4.69) is 28.1 Å². The van der Waals surface area contributed by atoms with Crippen LogP contribution in [0.4, 0.5) is 0 Å². The minimum absolute atomic E-state index is 0.596. The lowest BCUT2D eigenvalue weighted by atomic mass is 10.1. The molecule has 0 spiro atoms. The second-order valence-electron chi connectivity index (χ2n) is 4.39. The summed E-state index contributed by atoms with van der Waals surface area (Å²) in [6.07, 6.45) is 4.61. The maximum absolute atomic E-state index is 5.61. The summed E-state index contributed by atoms with van der Waals surface area (Å²) in [7, 11) is 2.03. The fraction of sp³-hybridized carbons (Fsp3) is 0.214. The molecule has 2 aromatic heterocycles. The molecule has 0 aliphatic rings. The molecule has 4 heteroatoms. The van der Waals surface area contributed by atoms with E-state index in [0.29, 0.717) is 6.54 Å². The molecule has 92 valence electrons. The van der Waals surface area contributed by atoms with Crippen LogP contribution in [0.25, 0.3) is 22.2 Å². The van der Waals surface area contributed by atoms with Gasteiger partial charge in [0.05, 0.1) is 6.20 Å². The fourth-order valence-electron chi connectivity index (χ4n) is 2.34. The predicted molar refractivity (Wildman–Crippen MR) is 71.2 cm³/mol. The molecule has 0 saturated heterocycles. The van der Waals surface area contributed by atoms with E-state index in [1.165, 1.54) is 10.9 Å². The number of para-hydroxylation sites is 1. The van der Waals surface area contributed by atoms with Crippen molar-refractivity contribution in [2.45, 2.75) is 6.42 Å². The summed E-state index contributed by atoms with van der Waals surface area (Å²) in [6.45, 7) is 0.596. The zero-order chi connectivity index (χ0) is 12.5. The highest BCUT2D eigenvalue weighted by atomic mass is 16.5. The average Bonchev–Trinajstić information content (AvgIpc) is 2.96. The van der Waals surface area contributed by atoms with Crippen LogP contribution in [0, 0.1) is 0 Å². The van der Waals surface area contributed by atoms with Crippen molar-refractivity contribution in [3.05, 3.63) is 42.2 Å². The van der Waals surface area contributed by atoms with Gasteiger partial charge in [0, 0.05) is 35.3 Å². The number of aromatic nitrogens is 2. The maximum atomic E-state index is 5.61. The quantitative estimate of drug-likeness (QED) is 0.765. The number of hydrogen-bond acceptors (Lipinski definition) is 3. The lowest BCUT2D eigenvalue weighted by Gasteiger charge is -1.97. The van der Waals surface area contributed by atoms with Gasteiger partial charge in [-0.05, 0) is 19.0 Å². The fourth-order valence-corrected chi connectivity index (χ4v) is 2.34. The van der Waals surface area contributed by atoms with E-state index in [-0.39, 0.29) is 0 Å². The Balaban J connectivity index is 2.22. The Kier molecular flexibility index (Phi) is 2.64. The van der Waals surface area contributed by atoms with Gasteiger partial charge in [0.2, 0.25) is 0 Å². The zero-order valence-corrected chi connectivity index (χ0v) is 10.3. The van der Waals surface area contributed by atoms with Crippen LogP contribution in [0.5, 0.6) is 0 Å². The van der Waals surface area contributed by atoms with Crippen LogP contribution in [0.15, 0.2) is 41.2 Å². The molecule has 0 radical (unpaired) electrons. The van der Waals surface area contributed by atoms with Crippen molar-refractivity contribution in [1.82, 2.24) is 9.72 Å². The highest BCUT2D eigenvalue weighted by Crippen LogP contribution is 2.32. The van der Waals surface area contributed by atoms with Gasteiger partial charge in [-0.3, -0.25) is 0 Å². The van der Waals surface area contributed by atoms with Crippen molar-refractivity contribution >= 4 is 10.9 Å². The van der Waals surface area contributed by atoms with E-state index in [9.17, 15) is 0 Å². The van der Waals surface area contributed by atoms with Crippen LogP contribution in [-0.2, 0) is 13.5 Å². The largest absolute Gasteiger partial charge is 0.356 e. The molecule has 0 saturated carbocycles. The van der Waals surface area contributed by atoms with Gasteiger partial charge in [-0.1, -0.05) is 23.4 Å². The second-order valence-corrected chi connectivity index (χ2v) is 4.39. The van der Waals surface area contributed by atoms with Crippen LogP contribution in [-0.4, -0.2) is 16.3 Å². The Morgan fingerprint density at radius 2 is 2.17 bits per heavy atom. The molecule has 1 aromatic carbocycles. The normalized spacial score (nSPS) is 11.2. The molecule has 4 nitrogen and oxygen atoms in total. The van der Waals surface area contributed by atoms with E-state index in [4.69, 9.17) is 10.3 Å². The van der Waals surface area contributed by atoms with Crippen molar-refractivity contribution < 1.29 is 4.52 Å². The molecule has 0 bridgehead atoms. The molecule has 2 N–H and O–H groups in total. The molecule has 0 amide bonds. The molecule has 0 aliphatic heterocycles. The Bertz CT molecular complexity index is 681. The highest BCUT2D eigenvalue weighted by Gasteiger charge is 2.15. The average molecular weight is 241 g/mol. The number of rotatable bonds is 3. The first-order valence-corrected chi connectivity index (χ1v) is 5.99. The number of aryl methyl sites for hydroxylation is 1. The first-order valence-electron chi connectivity index (χ1n) is 5.99. The Morgan fingerprint density at radius 3 is 3.00 bits per heavy atom. The number of benzene rings is 1. The summed E-state index contributed by atoms with van der Waals surface area (Å²) in [4.78, 5) is 0. The molecule has 2 heterocycles. The van der Waals surface area contributed by atoms with Gasteiger partial charge in [0.15, 0.2) is 5.76 Å². The van der Waals surface area contributed by atoms with Crippen LogP contribution < -0.4 is 5.73 Å². The first kappa shape index (κ1) is 11.0. The monoisotopic (exact) mass is 241 g/mol. The number of nitrogens with zero attached hydrogens (tertiary/aromatic N) is 2. The van der Waals surface area contributed by atoms with Crippen LogP contribution in [0.3, 0.4) is 0 Å². The highest BCUT2D eigenvalue weighted by molar-refractivity contribution is 5.95. The maximum Gasteiger partial charge on any atom is 0.172 e. The Labute approximate surface area is 105 Å². The molecule has 3 rings (SSSR count). The standard InChI is InChI=1S/C14H15N3O/c1-17-9-12(11-4-2-3-5-13(11)17)14-10(6-7-15)8-16-18-14/h2-5,8-9H,6-7,15H2,1H3. The van der Waals surface area contributed by atoms with Crippen LogP contribution >= 0.6 is 0 Å². The smallest absolute Gasteiger partial charge is 0.172 e.